The summed E-state index contributed by atoms with van der Waals surface area (Å²) in [5.41, 5.74) is 7.33. The fourth-order valence-corrected chi connectivity index (χ4v) is 3.15. The van der Waals surface area contributed by atoms with Gasteiger partial charge in [-0.05, 0) is 42.3 Å². The smallest absolute Gasteiger partial charge is 0.242 e. The van der Waals surface area contributed by atoms with E-state index in [4.69, 9.17) is 17.3 Å². The minimum atomic E-state index is -3.74. The summed E-state index contributed by atoms with van der Waals surface area (Å²) in [5.74, 6) is -0.550. The van der Waals surface area contributed by atoms with Crippen molar-refractivity contribution >= 4 is 27.3 Å². The van der Waals surface area contributed by atoms with Crippen molar-refractivity contribution in [3.63, 3.8) is 0 Å². The highest BCUT2D eigenvalue weighted by molar-refractivity contribution is 7.89. The Hall–Kier alpha value is -1.63. The Morgan fingerprint density at radius 2 is 1.95 bits per heavy atom. The third-order valence-corrected chi connectivity index (χ3v) is 4.67. The SMILES string of the molecule is Cc1ccc(S(=O)(=O)NCc2ccc(F)c(Cl)c2)c(N)c1. The molecule has 0 saturated carbocycles. The molecular weight excluding hydrogens is 315 g/mol. The summed E-state index contributed by atoms with van der Waals surface area (Å²) in [5, 5.41) is -0.0541. The van der Waals surface area contributed by atoms with Crippen LogP contribution in [-0.2, 0) is 16.6 Å². The molecular formula is C14H14ClFN2O2S. The zero-order chi connectivity index (χ0) is 15.6. The first-order valence-electron chi connectivity index (χ1n) is 6.09. The summed E-state index contributed by atoms with van der Waals surface area (Å²) in [6.07, 6.45) is 0. The molecule has 0 fully saturated rings. The Bertz CT molecular complexity index is 779. The molecule has 0 bridgehead atoms. The Balaban J connectivity index is 2.19. The lowest BCUT2D eigenvalue weighted by Crippen LogP contribution is -2.24. The Morgan fingerprint density at radius 3 is 2.57 bits per heavy atom. The first kappa shape index (κ1) is 15.8. The number of nitrogens with one attached hydrogen (secondary N) is 1. The van der Waals surface area contributed by atoms with Crippen LogP contribution in [0.3, 0.4) is 0 Å². The maximum absolute atomic E-state index is 13.0. The lowest BCUT2D eigenvalue weighted by molar-refractivity contribution is 0.581. The van der Waals surface area contributed by atoms with E-state index in [2.05, 4.69) is 4.72 Å². The number of sulfonamides is 1. The number of benzene rings is 2. The quantitative estimate of drug-likeness (QED) is 0.848. The van der Waals surface area contributed by atoms with Crippen molar-refractivity contribution in [2.45, 2.75) is 18.4 Å². The number of hydrogen-bond acceptors (Lipinski definition) is 3. The number of anilines is 1. The van der Waals surface area contributed by atoms with Gasteiger partial charge in [-0.1, -0.05) is 23.7 Å². The summed E-state index contributed by atoms with van der Waals surface area (Å²) in [7, 11) is -3.74. The van der Waals surface area contributed by atoms with Gasteiger partial charge in [0.25, 0.3) is 0 Å². The number of rotatable bonds is 4. The average Bonchev–Trinajstić information content (AvgIpc) is 2.40. The first-order chi connectivity index (χ1) is 9.79. The van der Waals surface area contributed by atoms with Crippen LogP contribution in [0.5, 0.6) is 0 Å². The van der Waals surface area contributed by atoms with Crippen LogP contribution in [0.25, 0.3) is 0 Å². The standard InChI is InChI=1S/C14H14ClFN2O2S/c1-9-2-5-14(13(17)6-9)21(19,20)18-8-10-3-4-12(16)11(15)7-10/h2-7,18H,8,17H2,1H3. The number of hydrogen-bond donors (Lipinski definition) is 2. The second-order valence-corrected chi connectivity index (χ2v) is 6.76. The van der Waals surface area contributed by atoms with Crippen molar-refractivity contribution < 1.29 is 12.8 Å². The van der Waals surface area contributed by atoms with Gasteiger partial charge in [0.1, 0.15) is 10.7 Å². The van der Waals surface area contributed by atoms with E-state index in [-0.39, 0.29) is 22.2 Å². The molecule has 0 aliphatic heterocycles. The highest BCUT2D eigenvalue weighted by atomic mass is 35.5. The summed E-state index contributed by atoms with van der Waals surface area (Å²) < 4.78 is 39.8. The highest BCUT2D eigenvalue weighted by Gasteiger charge is 2.17. The number of nitrogens with two attached hydrogens (primary N) is 1. The molecule has 7 heteroatoms. The van der Waals surface area contributed by atoms with Crippen LogP contribution in [0.1, 0.15) is 11.1 Å². The molecule has 0 aliphatic carbocycles. The molecule has 0 saturated heterocycles. The molecule has 0 radical (unpaired) electrons. The molecule has 21 heavy (non-hydrogen) atoms. The van der Waals surface area contributed by atoms with Crippen LogP contribution in [0.4, 0.5) is 10.1 Å². The third kappa shape index (κ3) is 3.72. The van der Waals surface area contributed by atoms with E-state index in [0.717, 1.165) is 5.56 Å². The normalized spacial score (nSPS) is 11.6. The van der Waals surface area contributed by atoms with Crippen molar-refractivity contribution in [3.8, 4) is 0 Å². The lowest BCUT2D eigenvalue weighted by atomic mass is 10.2. The zero-order valence-corrected chi connectivity index (χ0v) is 12.8. The second kappa shape index (κ2) is 6.01. The lowest BCUT2D eigenvalue weighted by Gasteiger charge is -2.10. The minimum absolute atomic E-state index is 0.00432. The van der Waals surface area contributed by atoms with Gasteiger partial charge in [0.15, 0.2) is 0 Å². The van der Waals surface area contributed by atoms with Gasteiger partial charge in [0, 0.05) is 6.54 Å². The van der Waals surface area contributed by atoms with E-state index in [1.165, 1.54) is 24.3 Å². The number of aryl methyl sites for hydroxylation is 1. The van der Waals surface area contributed by atoms with Crippen LogP contribution < -0.4 is 10.5 Å². The highest BCUT2D eigenvalue weighted by Crippen LogP contribution is 2.20. The number of halogens is 2. The molecule has 0 spiro atoms. The predicted molar refractivity (Wildman–Crippen MR) is 81.0 cm³/mol. The Morgan fingerprint density at radius 1 is 1.24 bits per heavy atom. The van der Waals surface area contributed by atoms with Gasteiger partial charge < -0.3 is 5.73 Å². The summed E-state index contributed by atoms with van der Waals surface area (Å²) in [6, 6.07) is 8.72. The van der Waals surface area contributed by atoms with E-state index in [1.807, 2.05) is 6.92 Å². The fraction of sp³-hybridized carbons (Fsp3) is 0.143. The average molecular weight is 329 g/mol. The monoisotopic (exact) mass is 328 g/mol. The Kier molecular flexibility index (Phi) is 4.51. The van der Waals surface area contributed by atoms with E-state index >= 15 is 0 Å². The molecule has 2 aromatic carbocycles. The minimum Gasteiger partial charge on any atom is -0.398 e. The van der Waals surface area contributed by atoms with Gasteiger partial charge in [-0.25, -0.2) is 17.5 Å². The first-order valence-corrected chi connectivity index (χ1v) is 7.95. The predicted octanol–water partition coefficient (Wildman–Crippen LogP) is 2.85. The maximum atomic E-state index is 13.0. The van der Waals surface area contributed by atoms with Crippen LogP contribution in [0.15, 0.2) is 41.3 Å². The van der Waals surface area contributed by atoms with E-state index in [9.17, 15) is 12.8 Å². The van der Waals surface area contributed by atoms with Gasteiger partial charge in [-0.2, -0.15) is 0 Å². The fourth-order valence-electron chi connectivity index (χ4n) is 1.82. The molecule has 0 aromatic heterocycles. The molecule has 0 heterocycles. The molecule has 112 valence electrons. The molecule has 2 rings (SSSR count). The molecule has 0 atom stereocenters. The Labute approximate surface area is 127 Å². The van der Waals surface area contributed by atoms with Crippen molar-refractivity contribution in [2.75, 3.05) is 5.73 Å². The van der Waals surface area contributed by atoms with Gasteiger partial charge in [-0.15, -0.1) is 0 Å². The second-order valence-electron chi connectivity index (χ2n) is 4.61. The van der Waals surface area contributed by atoms with Crippen LogP contribution >= 0.6 is 11.6 Å². The van der Waals surface area contributed by atoms with Crippen LogP contribution in [-0.4, -0.2) is 8.42 Å². The van der Waals surface area contributed by atoms with E-state index in [1.54, 1.807) is 12.1 Å². The summed E-state index contributed by atoms with van der Waals surface area (Å²) in [4.78, 5) is 0.0151. The topological polar surface area (TPSA) is 72.2 Å². The van der Waals surface area contributed by atoms with Gasteiger partial charge in [-0.3, -0.25) is 0 Å². The summed E-state index contributed by atoms with van der Waals surface area (Å²) in [6.45, 7) is 1.82. The van der Waals surface area contributed by atoms with Crippen molar-refractivity contribution in [1.82, 2.24) is 4.72 Å². The van der Waals surface area contributed by atoms with Gasteiger partial charge in [0.05, 0.1) is 10.7 Å². The largest absolute Gasteiger partial charge is 0.398 e. The van der Waals surface area contributed by atoms with E-state index < -0.39 is 15.8 Å². The maximum Gasteiger partial charge on any atom is 0.242 e. The summed E-state index contributed by atoms with van der Waals surface area (Å²) >= 11 is 5.65. The zero-order valence-electron chi connectivity index (χ0n) is 11.2. The molecule has 4 nitrogen and oxygen atoms in total. The molecule has 0 amide bonds. The van der Waals surface area contributed by atoms with Crippen molar-refractivity contribution in [1.29, 1.82) is 0 Å². The number of nitrogen functional groups attached to an aromatic ring is 1. The van der Waals surface area contributed by atoms with Crippen LogP contribution in [0, 0.1) is 12.7 Å². The van der Waals surface area contributed by atoms with E-state index in [0.29, 0.717) is 5.56 Å². The van der Waals surface area contributed by atoms with Gasteiger partial charge >= 0.3 is 0 Å². The van der Waals surface area contributed by atoms with Gasteiger partial charge in [0.2, 0.25) is 10.0 Å². The molecule has 0 aliphatic rings. The van der Waals surface area contributed by atoms with Crippen molar-refractivity contribution in [3.05, 3.63) is 58.4 Å². The molecule has 2 aromatic rings. The van der Waals surface area contributed by atoms with Crippen LogP contribution in [0.2, 0.25) is 5.02 Å². The third-order valence-electron chi connectivity index (χ3n) is 2.91. The van der Waals surface area contributed by atoms with Crippen molar-refractivity contribution in [2.24, 2.45) is 0 Å². The molecule has 3 N–H and O–H groups in total. The molecule has 0 unspecified atom stereocenters.